The molecule has 7 nitrogen and oxygen atoms in total. The van der Waals surface area contributed by atoms with E-state index in [0.29, 0.717) is 34.9 Å². The molecule has 0 bridgehead atoms. The first-order chi connectivity index (χ1) is 21.2. The van der Waals surface area contributed by atoms with Gasteiger partial charge in [-0.05, 0) is 84.8 Å². The highest BCUT2D eigenvalue weighted by molar-refractivity contribution is 9.10. The fourth-order valence-electron chi connectivity index (χ4n) is 5.40. The molecule has 0 aromatic heterocycles. The molecule has 1 heterocycles. The largest absolute Gasteiger partial charge is 0.497 e. The number of fused-ring (bicyclic) bond motifs is 1. The van der Waals surface area contributed by atoms with Crippen LogP contribution >= 0.6 is 15.9 Å². The van der Waals surface area contributed by atoms with E-state index in [1.807, 2.05) is 85.8 Å². The smallest absolute Gasteiger partial charge is 0.262 e. The zero-order valence-corrected chi connectivity index (χ0v) is 26.5. The molecule has 5 aromatic rings. The standard InChI is InChI=1S/C35H30BrN3O4S/c1-24-11-15-29(16-12-24)39-34(26-9-6-10-27(36)21-26)38(23-25-7-4-3-5-8-25)33-20-19-31(22-32(33)35(39)40)44(41,42)37-28-13-17-30(43-2)18-14-28/h3-22,34,37H,23H2,1-2H3/t34-/m1/s1. The molecule has 1 aliphatic heterocycles. The number of rotatable bonds is 8. The third kappa shape index (κ3) is 5.93. The average molecular weight is 669 g/mol. The van der Waals surface area contributed by atoms with Crippen LogP contribution in [0.4, 0.5) is 17.1 Å². The van der Waals surface area contributed by atoms with Crippen molar-refractivity contribution in [1.82, 2.24) is 0 Å². The first-order valence-corrected chi connectivity index (χ1v) is 16.3. The van der Waals surface area contributed by atoms with E-state index >= 15 is 0 Å². The zero-order valence-electron chi connectivity index (χ0n) is 24.1. The minimum absolute atomic E-state index is 0.00941. The van der Waals surface area contributed by atoms with Gasteiger partial charge in [0.15, 0.2) is 0 Å². The van der Waals surface area contributed by atoms with Gasteiger partial charge in [0.05, 0.1) is 23.3 Å². The van der Waals surface area contributed by atoms with E-state index in [4.69, 9.17) is 4.74 Å². The predicted octanol–water partition coefficient (Wildman–Crippen LogP) is 7.93. The van der Waals surface area contributed by atoms with E-state index in [9.17, 15) is 13.2 Å². The van der Waals surface area contributed by atoms with E-state index in [-0.39, 0.29) is 10.8 Å². The third-order valence-electron chi connectivity index (χ3n) is 7.57. The molecule has 0 spiro atoms. The lowest BCUT2D eigenvalue weighted by molar-refractivity contribution is 0.0968. The van der Waals surface area contributed by atoms with Gasteiger partial charge in [-0.1, -0.05) is 76.1 Å². The monoisotopic (exact) mass is 667 g/mol. The highest BCUT2D eigenvalue weighted by Gasteiger charge is 2.40. The topological polar surface area (TPSA) is 78.9 Å². The van der Waals surface area contributed by atoms with Crippen molar-refractivity contribution in [2.24, 2.45) is 0 Å². The number of carbonyl (C=O) groups is 1. The number of halogens is 1. The van der Waals surface area contributed by atoms with Crippen molar-refractivity contribution in [2.45, 2.75) is 24.5 Å². The molecule has 0 saturated carbocycles. The quantitative estimate of drug-likeness (QED) is 0.182. The molecule has 5 aromatic carbocycles. The number of sulfonamides is 1. The van der Waals surface area contributed by atoms with Gasteiger partial charge < -0.3 is 9.64 Å². The van der Waals surface area contributed by atoms with Crippen molar-refractivity contribution in [3.63, 3.8) is 0 Å². The van der Waals surface area contributed by atoms with Crippen LogP contribution in [-0.4, -0.2) is 21.4 Å². The summed E-state index contributed by atoms with van der Waals surface area (Å²) in [7, 11) is -2.46. The molecule has 0 fully saturated rings. The third-order valence-corrected chi connectivity index (χ3v) is 9.45. The Morgan fingerprint density at radius 1 is 0.841 bits per heavy atom. The van der Waals surface area contributed by atoms with E-state index in [0.717, 1.165) is 21.2 Å². The molecule has 0 unspecified atom stereocenters. The molecule has 0 aliphatic carbocycles. The molecular formula is C35H30BrN3O4S. The molecule has 6 rings (SSSR count). The fraction of sp³-hybridized carbons (Fsp3) is 0.114. The second-order valence-corrected chi connectivity index (χ2v) is 13.2. The van der Waals surface area contributed by atoms with Crippen molar-refractivity contribution < 1.29 is 17.9 Å². The Kier molecular flexibility index (Phi) is 8.16. The molecule has 1 aliphatic rings. The maximum atomic E-state index is 14.5. The summed E-state index contributed by atoms with van der Waals surface area (Å²) in [4.78, 5) is 18.4. The summed E-state index contributed by atoms with van der Waals surface area (Å²) >= 11 is 3.61. The van der Waals surface area contributed by atoms with Crippen LogP contribution in [0.1, 0.15) is 33.2 Å². The molecule has 9 heteroatoms. The summed E-state index contributed by atoms with van der Waals surface area (Å²) in [6, 6.07) is 37.1. The van der Waals surface area contributed by atoms with Gasteiger partial charge >= 0.3 is 0 Å². The summed E-state index contributed by atoms with van der Waals surface area (Å²) in [5, 5.41) is 0. The molecule has 44 heavy (non-hydrogen) atoms. The molecule has 0 radical (unpaired) electrons. The Balaban J connectivity index is 1.50. The molecule has 1 N–H and O–H groups in total. The Bertz CT molecular complexity index is 1910. The first kappa shape index (κ1) is 29.5. The van der Waals surface area contributed by atoms with Crippen molar-refractivity contribution >= 4 is 48.9 Å². The highest BCUT2D eigenvalue weighted by Crippen LogP contribution is 2.43. The summed E-state index contributed by atoms with van der Waals surface area (Å²) in [5.41, 5.74) is 5.07. The van der Waals surface area contributed by atoms with Crippen LogP contribution in [0.3, 0.4) is 0 Å². The number of amides is 1. The molecular weight excluding hydrogens is 638 g/mol. The zero-order chi connectivity index (χ0) is 30.8. The van der Waals surface area contributed by atoms with Crippen LogP contribution in [-0.2, 0) is 16.6 Å². The van der Waals surface area contributed by atoms with Crippen molar-refractivity contribution in [1.29, 1.82) is 0 Å². The molecule has 1 atom stereocenters. The van der Waals surface area contributed by atoms with Crippen LogP contribution in [0.15, 0.2) is 131 Å². The first-order valence-electron chi connectivity index (χ1n) is 14.0. The maximum Gasteiger partial charge on any atom is 0.262 e. The van der Waals surface area contributed by atoms with Gasteiger partial charge in [-0.15, -0.1) is 0 Å². The van der Waals surface area contributed by atoms with E-state index < -0.39 is 16.2 Å². The van der Waals surface area contributed by atoms with Crippen LogP contribution < -0.4 is 19.3 Å². The maximum absolute atomic E-state index is 14.5. The fourth-order valence-corrected chi connectivity index (χ4v) is 6.90. The number of methoxy groups -OCH3 is 1. The number of hydrogen-bond donors (Lipinski definition) is 1. The Morgan fingerprint density at radius 2 is 1.57 bits per heavy atom. The van der Waals surface area contributed by atoms with Gasteiger partial charge in [-0.3, -0.25) is 14.4 Å². The van der Waals surface area contributed by atoms with Gasteiger partial charge in [-0.2, -0.15) is 0 Å². The van der Waals surface area contributed by atoms with Gasteiger partial charge in [0.25, 0.3) is 15.9 Å². The minimum atomic E-state index is -4.01. The minimum Gasteiger partial charge on any atom is -0.497 e. The Morgan fingerprint density at radius 3 is 2.25 bits per heavy atom. The van der Waals surface area contributed by atoms with Crippen LogP contribution in [0.5, 0.6) is 5.75 Å². The lowest BCUT2D eigenvalue weighted by Crippen LogP contribution is -2.49. The molecule has 1 amide bonds. The predicted molar refractivity (Wildman–Crippen MR) is 178 cm³/mol. The van der Waals surface area contributed by atoms with Crippen LogP contribution in [0.25, 0.3) is 0 Å². The van der Waals surface area contributed by atoms with Gasteiger partial charge in [0.1, 0.15) is 11.9 Å². The number of aryl methyl sites for hydroxylation is 1. The second-order valence-electron chi connectivity index (χ2n) is 10.6. The molecule has 222 valence electrons. The van der Waals surface area contributed by atoms with Crippen LogP contribution in [0, 0.1) is 6.92 Å². The lowest BCUT2D eigenvalue weighted by Gasteiger charge is -2.46. The summed E-state index contributed by atoms with van der Waals surface area (Å²) < 4.78 is 35.8. The molecule has 0 saturated heterocycles. The van der Waals surface area contributed by atoms with Gasteiger partial charge in [0, 0.05) is 22.4 Å². The van der Waals surface area contributed by atoms with Crippen molar-refractivity contribution in [3.05, 3.63) is 148 Å². The number of hydrogen-bond acceptors (Lipinski definition) is 5. The second kappa shape index (κ2) is 12.2. The van der Waals surface area contributed by atoms with Gasteiger partial charge in [-0.25, -0.2) is 8.42 Å². The number of nitrogens with zero attached hydrogens (tertiary/aromatic N) is 2. The Hall–Kier alpha value is -4.60. The van der Waals surface area contributed by atoms with Crippen LogP contribution in [0.2, 0.25) is 0 Å². The summed E-state index contributed by atoms with van der Waals surface area (Å²) in [6.45, 7) is 2.48. The Labute approximate surface area is 265 Å². The number of anilines is 3. The average Bonchev–Trinajstić information content (AvgIpc) is 3.03. The SMILES string of the molecule is COc1ccc(NS(=O)(=O)c2ccc3c(c2)C(=O)N(c2ccc(C)cc2)[C@H](c2cccc(Br)c2)N3Cc2ccccc2)cc1. The number of ether oxygens (including phenoxy) is 1. The number of carbonyl (C=O) groups excluding carboxylic acids is 1. The number of nitrogens with one attached hydrogen (secondary N) is 1. The highest BCUT2D eigenvalue weighted by atomic mass is 79.9. The summed E-state index contributed by atoms with van der Waals surface area (Å²) in [6.07, 6.45) is -0.504. The van der Waals surface area contributed by atoms with Crippen molar-refractivity contribution in [2.75, 3.05) is 21.6 Å². The number of benzene rings is 5. The summed E-state index contributed by atoms with van der Waals surface area (Å²) in [5.74, 6) is 0.321. The normalized spacial score (nSPS) is 14.7. The van der Waals surface area contributed by atoms with Crippen molar-refractivity contribution in [3.8, 4) is 5.75 Å². The van der Waals surface area contributed by atoms with E-state index in [1.54, 1.807) is 48.4 Å². The van der Waals surface area contributed by atoms with E-state index in [1.165, 1.54) is 6.07 Å². The van der Waals surface area contributed by atoms with E-state index in [2.05, 4.69) is 25.6 Å². The lowest BCUT2D eigenvalue weighted by atomic mass is 9.99. The van der Waals surface area contributed by atoms with Gasteiger partial charge in [0.2, 0.25) is 0 Å².